The molecule has 3 rings (SSSR count). The third-order valence-electron chi connectivity index (χ3n) is 3.03. The summed E-state index contributed by atoms with van der Waals surface area (Å²) in [6.45, 7) is 0. The van der Waals surface area contributed by atoms with Crippen LogP contribution in [-0.4, -0.2) is 9.61 Å². The molecule has 0 saturated carbocycles. The first-order valence-corrected chi connectivity index (χ1v) is 5.69. The average Bonchev–Trinajstić information content (AvgIpc) is 2.82. The van der Waals surface area contributed by atoms with Crippen molar-refractivity contribution in [3.63, 3.8) is 0 Å². The van der Waals surface area contributed by atoms with E-state index in [1.807, 2.05) is 24.4 Å². The Bertz CT molecular complexity index is 690. The lowest BCUT2D eigenvalue weighted by Gasteiger charge is -2.11. The van der Waals surface area contributed by atoms with Crippen LogP contribution in [0.1, 0.15) is 17.2 Å². The maximum absolute atomic E-state index is 13.7. The molecule has 0 bridgehead atoms. The van der Waals surface area contributed by atoms with E-state index in [9.17, 15) is 4.39 Å². The number of benzene rings is 1. The van der Waals surface area contributed by atoms with Gasteiger partial charge in [0, 0.05) is 17.3 Å². The van der Waals surface area contributed by atoms with E-state index in [-0.39, 0.29) is 5.82 Å². The maximum Gasteiger partial charge on any atom is 0.128 e. The smallest absolute Gasteiger partial charge is 0.128 e. The fraction of sp³-hybridized carbons (Fsp3) is 0.0714. The molecular weight excluding hydrogens is 229 g/mol. The van der Waals surface area contributed by atoms with Gasteiger partial charge >= 0.3 is 0 Å². The number of pyridine rings is 1. The van der Waals surface area contributed by atoms with Crippen molar-refractivity contribution in [3.8, 4) is 0 Å². The number of halogens is 1. The van der Waals surface area contributed by atoms with Gasteiger partial charge < -0.3 is 5.73 Å². The van der Waals surface area contributed by atoms with Crippen LogP contribution in [-0.2, 0) is 0 Å². The van der Waals surface area contributed by atoms with Crippen LogP contribution in [0.15, 0.2) is 54.9 Å². The van der Waals surface area contributed by atoms with E-state index in [0.717, 1.165) is 11.1 Å². The summed E-state index contributed by atoms with van der Waals surface area (Å²) in [6.07, 6.45) is 3.53. The number of hydrogen-bond donors (Lipinski definition) is 1. The van der Waals surface area contributed by atoms with Crippen LogP contribution in [0, 0.1) is 5.82 Å². The Morgan fingerprint density at radius 3 is 2.67 bits per heavy atom. The largest absolute Gasteiger partial charge is 0.320 e. The molecule has 3 aromatic rings. The summed E-state index contributed by atoms with van der Waals surface area (Å²) in [5.74, 6) is -0.291. The number of nitrogens with two attached hydrogens (primary N) is 1. The van der Waals surface area contributed by atoms with E-state index in [1.165, 1.54) is 6.07 Å². The van der Waals surface area contributed by atoms with Gasteiger partial charge in [-0.15, -0.1) is 0 Å². The lowest BCUT2D eigenvalue weighted by atomic mass is 10.0. The predicted molar refractivity (Wildman–Crippen MR) is 67.6 cm³/mol. The molecule has 1 aromatic carbocycles. The average molecular weight is 241 g/mol. The molecule has 0 fully saturated rings. The summed E-state index contributed by atoms with van der Waals surface area (Å²) >= 11 is 0. The van der Waals surface area contributed by atoms with Crippen LogP contribution in [0.5, 0.6) is 0 Å². The molecule has 90 valence electrons. The molecule has 3 nitrogen and oxygen atoms in total. The van der Waals surface area contributed by atoms with Crippen molar-refractivity contribution in [1.82, 2.24) is 9.61 Å². The van der Waals surface area contributed by atoms with Crippen LogP contribution in [0.3, 0.4) is 0 Å². The molecule has 0 amide bonds. The molecule has 4 heteroatoms. The normalized spacial score (nSPS) is 12.8. The zero-order valence-electron chi connectivity index (χ0n) is 9.62. The lowest BCUT2D eigenvalue weighted by Crippen LogP contribution is -2.13. The fourth-order valence-electron chi connectivity index (χ4n) is 2.09. The summed E-state index contributed by atoms with van der Waals surface area (Å²) in [5.41, 5.74) is 8.33. The second kappa shape index (κ2) is 4.23. The van der Waals surface area contributed by atoms with Crippen molar-refractivity contribution in [2.45, 2.75) is 6.04 Å². The summed E-state index contributed by atoms with van der Waals surface area (Å²) in [7, 11) is 0. The Morgan fingerprint density at radius 2 is 1.83 bits per heavy atom. The zero-order chi connectivity index (χ0) is 12.5. The molecule has 0 aliphatic carbocycles. The first kappa shape index (κ1) is 10.9. The van der Waals surface area contributed by atoms with Gasteiger partial charge in [0.25, 0.3) is 0 Å². The molecule has 0 spiro atoms. The van der Waals surface area contributed by atoms with Crippen LogP contribution >= 0.6 is 0 Å². The molecule has 18 heavy (non-hydrogen) atoms. The second-order valence-electron chi connectivity index (χ2n) is 4.13. The van der Waals surface area contributed by atoms with E-state index in [0.29, 0.717) is 5.56 Å². The third-order valence-corrected chi connectivity index (χ3v) is 3.03. The number of aromatic nitrogens is 2. The van der Waals surface area contributed by atoms with Crippen molar-refractivity contribution in [3.05, 3.63) is 71.8 Å². The molecule has 2 N–H and O–H groups in total. The summed E-state index contributed by atoms with van der Waals surface area (Å²) in [5, 5.41) is 4.21. The molecular formula is C14H12FN3. The van der Waals surface area contributed by atoms with Crippen molar-refractivity contribution in [2.24, 2.45) is 5.73 Å². The Kier molecular flexibility index (Phi) is 2.57. The Balaban J connectivity index is 2.13. The minimum Gasteiger partial charge on any atom is -0.320 e. The van der Waals surface area contributed by atoms with Gasteiger partial charge in [0.05, 0.1) is 17.8 Å². The zero-order valence-corrected chi connectivity index (χ0v) is 9.62. The van der Waals surface area contributed by atoms with Crippen LogP contribution < -0.4 is 5.73 Å². The van der Waals surface area contributed by atoms with Gasteiger partial charge in [0.15, 0.2) is 0 Å². The Morgan fingerprint density at radius 1 is 1.06 bits per heavy atom. The van der Waals surface area contributed by atoms with Crippen molar-refractivity contribution < 1.29 is 4.39 Å². The number of fused-ring (bicyclic) bond motifs is 1. The second-order valence-corrected chi connectivity index (χ2v) is 4.13. The fourth-order valence-corrected chi connectivity index (χ4v) is 2.09. The molecule has 1 atom stereocenters. The molecule has 0 saturated heterocycles. The van der Waals surface area contributed by atoms with Gasteiger partial charge in [-0.3, -0.25) is 0 Å². The predicted octanol–water partition coefficient (Wildman–Crippen LogP) is 2.52. The highest BCUT2D eigenvalue weighted by molar-refractivity contribution is 5.56. The van der Waals surface area contributed by atoms with E-state index < -0.39 is 6.04 Å². The van der Waals surface area contributed by atoms with Crippen molar-refractivity contribution in [1.29, 1.82) is 0 Å². The van der Waals surface area contributed by atoms with Gasteiger partial charge in [0.1, 0.15) is 5.82 Å². The van der Waals surface area contributed by atoms with Gasteiger partial charge in [-0.1, -0.05) is 24.3 Å². The first-order valence-electron chi connectivity index (χ1n) is 5.69. The van der Waals surface area contributed by atoms with Gasteiger partial charge in [-0.05, 0) is 18.2 Å². The van der Waals surface area contributed by atoms with E-state index in [1.54, 1.807) is 28.9 Å². The molecule has 0 radical (unpaired) electrons. The number of rotatable bonds is 2. The SMILES string of the molecule is NC(c1ccccc1F)c1cnn2ccccc12. The van der Waals surface area contributed by atoms with E-state index in [4.69, 9.17) is 5.73 Å². The first-order chi connectivity index (χ1) is 8.77. The van der Waals surface area contributed by atoms with Crippen molar-refractivity contribution in [2.75, 3.05) is 0 Å². The molecule has 2 aromatic heterocycles. The van der Waals surface area contributed by atoms with Crippen LogP contribution in [0.25, 0.3) is 5.52 Å². The lowest BCUT2D eigenvalue weighted by molar-refractivity contribution is 0.600. The molecule has 0 aliphatic heterocycles. The van der Waals surface area contributed by atoms with Gasteiger partial charge in [-0.2, -0.15) is 5.10 Å². The summed E-state index contributed by atoms with van der Waals surface area (Å²) in [4.78, 5) is 0. The van der Waals surface area contributed by atoms with Gasteiger partial charge in [-0.25, -0.2) is 8.91 Å². The van der Waals surface area contributed by atoms with Crippen LogP contribution in [0.2, 0.25) is 0 Å². The maximum atomic E-state index is 13.7. The minimum absolute atomic E-state index is 0.291. The number of nitrogens with zero attached hydrogens (tertiary/aromatic N) is 2. The molecule has 0 aliphatic rings. The Hall–Kier alpha value is -2.20. The highest BCUT2D eigenvalue weighted by Crippen LogP contribution is 2.25. The van der Waals surface area contributed by atoms with Gasteiger partial charge in [0.2, 0.25) is 0 Å². The van der Waals surface area contributed by atoms with E-state index in [2.05, 4.69) is 5.10 Å². The quantitative estimate of drug-likeness (QED) is 0.749. The monoisotopic (exact) mass is 241 g/mol. The highest BCUT2D eigenvalue weighted by Gasteiger charge is 2.16. The number of hydrogen-bond acceptors (Lipinski definition) is 2. The highest BCUT2D eigenvalue weighted by atomic mass is 19.1. The standard InChI is InChI=1S/C14H12FN3/c15-12-6-2-1-5-10(12)14(16)11-9-17-18-8-4-3-7-13(11)18/h1-9,14H,16H2. The molecule has 2 heterocycles. The van der Waals surface area contributed by atoms with E-state index >= 15 is 0 Å². The van der Waals surface area contributed by atoms with Crippen molar-refractivity contribution >= 4 is 5.52 Å². The Labute approximate surface area is 104 Å². The molecule has 1 unspecified atom stereocenters. The minimum atomic E-state index is -0.508. The van der Waals surface area contributed by atoms with Crippen LogP contribution in [0.4, 0.5) is 4.39 Å². The third kappa shape index (κ3) is 1.67. The summed E-state index contributed by atoms with van der Waals surface area (Å²) < 4.78 is 15.5. The summed E-state index contributed by atoms with van der Waals surface area (Å²) in [6, 6.07) is 11.8. The topological polar surface area (TPSA) is 43.3 Å².